The summed E-state index contributed by atoms with van der Waals surface area (Å²) in [7, 11) is 0. The maximum absolute atomic E-state index is 11.7. The zero-order valence-electron chi connectivity index (χ0n) is 9.57. The van der Waals surface area contributed by atoms with E-state index in [1.807, 2.05) is 0 Å². The first-order valence-corrected chi connectivity index (χ1v) is 6.39. The summed E-state index contributed by atoms with van der Waals surface area (Å²) in [5.74, 6) is -0.850. The molecule has 0 unspecified atom stereocenters. The highest BCUT2D eigenvalue weighted by molar-refractivity contribution is 9.10. The van der Waals surface area contributed by atoms with Crippen LogP contribution in [0.2, 0.25) is 0 Å². The van der Waals surface area contributed by atoms with E-state index >= 15 is 0 Å². The second-order valence-electron chi connectivity index (χ2n) is 4.27. The molecule has 18 heavy (non-hydrogen) atoms. The van der Waals surface area contributed by atoms with Crippen LogP contribution in [-0.4, -0.2) is 30.1 Å². The normalized spacial score (nSPS) is 14.9. The molecule has 1 aromatic rings. The van der Waals surface area contributed by atoms with Gasteiger partial charge in [-0.3, -0.25) is 4.79 Å². The molecule has 1 fully saturated rings. The molecule has 1 amide bonds. The Morgan fingerprint density at radius 2 is 2.17 bits per heavy atom. The maximum Gasteiger partial charge on any atom is 0.337 e. The van der Waals surface area contributed by atoms with Crippen LogP contribution in [0.4, 0.5) is 5.69 Å². The number of carboxylic acid groups (broad SMARTS) is 1. The first-order valence-electron chi connectivity index (χ1n) is 5.59. The van der Waals surface area contributed by atoms with Gasteiger partial charge < -0.3 is 15.7 Å². The number of rotatable bonds is 4. The molecule has 1 saturated heterocycles. The Hall–Kier alpha value is -1.40. The molecule has 0 atom stereocenters. The molecule has 3 N–H and O–H groups in total. The molecule has 5 nitrogen and oxygen atoms in total. The quantitative estimate of drug-likeness (QED) is 0.790. The molecule has 96 valence electrons. The number of hydrogen-bond acceptors (Lipinski definition) is 3. The lowest BCUT2D eigenvalue weighted by atomic mass is 9.99. The van der Waals surface area contributed by atoms with Crippen LogP contribution < -0.4 is 10.6 Å². The van der Waals surface area contributed by atoms with Gasteiger partial charge in [0.1, 0.15) is 0 Å². The lowest BCUT2D eigenvalue weighted by Gasteiger charge is -2.26. The van der Waals surface area contributed by atoms with Gasteiger partial charge >= 0.3 is 5.97 Å². The van der Waals surface area contributed by atoms with Gasteiger partial charge in [-0.15, -0.1) is 0 Å². The van der Waals surface area contributed by atoms with Crippen LogP contribution in [0.1, 0.15) is 16.8 Å². The smallest absolute Gasteiger partial charge is 0.337 e. The molecule has 0 saturated carbocycles. The third kappa shape index (κ3) is 3.08. The fourth-order valence-electron chi connectivity index (χ4n) is 1.76. The Morgan fingerprint density at radius 1 is 1.44 bits per heavy atom. The number of benzene rings is 1. The molecule has 1 aromatic carbocycles. The van der Waals surface area contributed by atoms with E-state index in [0.717, 1.165) is 13.1 Å². The van der Waals surface area contributed by atoms with Crippen LogP contribution >= 0.6 is 15.9 Å². The van der Waals surface area contributed by atoms with Gasteiger partial charge in [-0.2, -0.15) is 0 Å². The zero-order valence-corrected chi connectivity index (χ0v) is 11.2. The van der Waals surface area contributed by atoms with Crippen LogP contribution in [0.5, 0.6) is 0 Å². The van der Waals surface area contributed by atoms with Crippen LogP contribution in [-0.2, 0) is 4.79 Å². The minimum atomic E-state index is -1.06. The van der Waals surface area contributed by atoms with E-state index in [0.29, 0.717) is 22.5 Å². The summed E-state index contributed by atoms with van der Waals surface area (Å²) in [6.07, 6.45) is 0.419. The standard InChI is InChI=1S/C12H13BrN2O3/c13-8-1-2-10(9(4-8)12(17)18)15-11(16)3-7-5-14-6-7/h1-2,4,7,14H,3,5-6H2,(H,15,16)(H,17,18). The summed E-state index contributed by atoms with van der Waals surface area (Å²) >= 11 is 3.21. The van der Waals surface area contributed by atoms with Crippen LogP contribution in [0.3, 0.4) is 0 Å². The second kappa shape index (κ2) is 5.49. The molecule has 2 rings (SSSR count). The molecule has 0 radical (unpaired) electrons. The van der Waals surface area contributed by atoms with Crippen molar-refractivity contribution in [2.75, 3.05) is 18.4 Å². The van der Waals surface area contributed by atoms with Crippen molar-refractivity contribution in [3.8, 4) is 0 Å². The number of amides is 1. The third-order valence-electron chi connectivity index (χ3n) is 2.83. The summed E-state index contributed by atoms with van der Waals surface area (Å²) < 4.78 is 0.668. The average molecular weight is 313 g/mol. The minimum absolute atomic E-state index is 0.0875. The van der Waals surface area contributed by atoms with E-state index in [1.165, 1.54) is 6.07 Å². The summed E-state index contributed by atoms with van der Waals surface area (Å²) in [4.78, 5) is 22.8. The molecule has 6 heteroatoms. The Morgan fingerprint density at radius 3 is 2.72 bits per heavy atom. The first kappa shape index (κ1) is 13.0. The number of halogens is 1. The van der Waals surface area contributed by atoms with Crippen molar-refractivity contribution in [3.05, 3.63) is 28.2 Å². The lowest BCUT2D eigenvalue weighted by molar-refractivity contribution is -0.117. The topological polar surface area (TPSA) is 78.4 Å². The molecule has 1 aliphatic rings. The number of anilines is 1. The second-order valence-corrected chi connectivity index (χ2v) is 5.19. The van der Waals surface area contributed by atoms with Crippen molar-refractivity contribution >= 4 is 33.5 Å². The van der Waals surface area contributed by atoms with E-state index < -0.39 is 5.97 Å². The molecule has 0 aliphatic carbocycles. The Kier molecular flexibility index (Phi) is 3.98. The molecule has 1 aliphatic heterocycles. The zero-order chi connectivity index (χ0) is 13.1. The number of hydrogen-bond donors (Lipinski definition) is 3. The van der Waals surface area contributed by atoms with Crippen molar-refractivity contribution in [1.82, 2.24) is 5.32 Å². The maximum atomic E-state index is 11.7. The average Bonchev–Trinajstić information content (AvgIpc) is 2.26. The molecular formula is C12H13BrN2O3. The molecule has 0 bridgehead atoms. The SMILES string of the molecule is O=C(CC1CNC1)Nc1ccc(Br)cc1C(=O)O. The van der Waals surface area contributed by atoms with Gasteiger partial charge in [0.15, 0.2) is 0 Å². The van der Waals surface area contributed by atoms with Gasteiger partial charge in [0.05, 0.1) is 11.3 Å². The largest absolute Gasteiger partial charge is 0.478 e. The molecule has 0 aromatic heterocycles. The van der Waals surface area contributed by atoms with Gasteiger partial charge in [0.2, 0.25) is 5.91 Å². The molecule has 0 spiro atoms. The van der Waals surface area contributed by atoms with Gasteiger partial charge in [0.25, 0.3) is 0 Å². The number of aromatic carboxylic acids is 1. The van der Waals surface area contributed by atoms with Gasteiger partial charge in [-0.1, -0.05) is 15.9 Å². The third-order valence-corrected chi connectivity index (χ3v) is 3.32. The van der Waals surface area contributed by atoms with Crippen molar-refractivity contribution in [2.24, 2.45) is 5.92 Å². The highest BCUT2D eigenvalue weighted by atomic mass is 79.9. The summed E-state index contributed by atoms with van der Waals surface area (Å²) in [5.41, 5.74) is 0.424. The van der Waals surface area contributed by atoms with E-state index in [9.17, 15) is 9.59 Å². The lowest BCUT2D eigenvalue weighted by Crippen LogP contribution is -2.43. The van der Waals surface area contributed by atoms with Crippen molar-refractivity contribution in [3.63, 3.8) is 0 Å². The van der Waals surface area contributed by atoms with Crippen molar-refractivity contribution in [1.29, 1.82) is 0 Å². The molecule has 1 heterocycles. The number of carboxylic acids is 1. The highest BCUT2D eigenvalue weighted by Crippen LogP contribution is 2.22. The van der Waals surface area contributed by atoms with Crippen molar-refractivity contribution < 1.29 is 14.7 Å². The van der Waals surface area contributed by atoms with Crippen LogP contribution in [0.15, 0.2) is 22.7 Å². The predicted molar refractivity (Wildman–Crippen MR) is 70.7 cm³/mol. The van der Waals surface area contributed by atoms with Gasteiger partial charge in [0, 0.05) is 10.9 Å². The summed E-state index contributed by atoms with van der Waals surface area (Å²) in [6.45, 7) is 1.69. The Labute approximate surface area is 113 Å². The first-order chi connectivity index (χ1) is 8.56. The predicted octanol–water partition coefficient (Wildman–Crippen LogP) is 1.70. The number of nitrogens with one attached hydrogen (secondary N) is 2. The number of carbonyl (C=O) groups excluding carboxylic acids is 1. The van der Waals surface area contributed by atoms with E-state index in [2.05, 4.69) is 26.6 Å². The minimum Gasteiger partial charge on any atom is -0.478 e. The van der Waals surface area contributed by atoms with E-state index in [1.54, 1.807) is 12.1 Å². The van der Waals surface area contributed by atoms with E-state index in [-0.39, 0.29) is 11.5 Å². The van der Waals surface area contributed by atoms with Gasteiger partial charge in [-0.05, 0) is 37.2 Å². The van der Waals surface area contributed by atoms with Gasteiger partial charge in [-0.25, -0.2) is 4.79 Å². The Balaban J connectivity index is 2.07. The monoisotopic (exact) mass is 312 g/mol. The summed E-state index contributed by atoms with van der Waals surface area (Å²) in [5, 5.41) is 14.8. The fraction of sp³-hybridized carbons (Fsp3) is 0.333. The Bertz CT molecular complexity index is 486. The van der Waals surface area contributed by atoms with Crippen LogP contribution in [0, 0.1) is 5.92 Å². The highest BCUT2D eigenvalue weighted by Gasteiger charge is 2.21. The fourth-order valence-corrected chi connectivity index (χ4v) is 2.12. The molecular weight excluding hydrogens is 300 g/mol. The van der Waals surface area contributed by atoms with Crippen molar-refractivity contribution in [2.45, 2.75) is 6.42 Å². The van der Waals surface area contributed by atoms with E-state index in [4.69, 9.17) is 5.11 Å². The number of carbonyl (C=O) groups is 2. The summed E-state index contributed by atoms with van der Waals surface area (Å²) in [6, 6.07) is 4.76. The van der Waals surface area contributed by atoms with Crippen LogP contribution in [0.25, 0.3) is 0 Å².